The van der Waals surface area contributed by atoms with Crippen molar-refractivity contribution in [3.63, 3.8) is 0 Å². The summed E-state index contributed by atoms with van der Waals surface area (Å²) in [4.78, 5) is 0. The summed E-state index contributed by atoms with van der Waals surface area (Å²) < 4.78 is 0. The first-order chi connectivity index (χ1) is 44.4. The Morgan fingerprint density at radius 1 is 0.198 bits per heavy atom. The lowest BCUT2D eigenvalue weighted by molar-refractivity contribution is 0.660. The van der Waals surface area contributed by atoms with Crippen molar-refractivity contribution in [1.82, 2.24) is 0 Å². The third-order valence-electron chi connectivity index (χ3n) is 18.0. The lowest BCUT2D eigenvalue weighted by Gasteiger charge is -2.21. The van der Waals surface area contributed by atoms with E-state index in [1.54, 1.807) is 0 Å². The Hall–Kier alpha value is -10.7. The molecule has 16 aromatic rings. The number of hydrogen-bond donors (Lipinski definition) is 0. The summed E-state index contributed by atoms with van der Waals surface area (Å²) in [7, 11) is 0. The van der Waals surface area contributed by atoms with Crippen molar-refractivity contribution in [2.45, 2.75) is 60.8 Å². The maximum Gasteiger partial charge on any atom is 0.0158 e. The summed E-state index contributed by atoms with van der Waals surface area (Å²) >= 11 is 0. The van der Waals surface area contributed by atoms with Gasteiger partial charge in [-0.05, 0) is 179 Å². The smallest absolute Gasteiger partial charge is 0.0158 e. The molecule has 2 aliphatic rings. The molecule has 0 fully saturated rings. The average Bonchev–Trinajstić information content (AvgIpc) is 1.73. The van der Waals surface area contributed by atoms with Gasteiger partial charge in [-0.2, -0.15) is 0 Å². The Labute approximate surface area is 538 Å². The van der Waals surface area contributed by atoms with Crippen LogP contribution in [0.2, 0.25) is 0 Å². The van der Waals surface area contributed by atoms with E-state index in [9.17, 15) is 0 Å². The van der Waals surface area contributed by atoms with Crippen molar-refractivity contribution in [2.75, 3.05) is 0 Å². The molecule has 0 heterocycles. The standard InChI is InChI=1S/2C17H12.C16H16.C13H12.C11H10.C10H8.C7H8/c1-11-9-10-16-14-6-3-2-5-13(14)15-8-4-7-12(11)17(15)16;1-11-5-6-14-8-7-12-3-2-4-13-9-10-15(11)17(14)16(12)13;1-11-8-9-13-12-6-4-5-7-14(12)16(2,3)15(13)10-11;1-11-7-9-13(10-8-11)12-5-3-2-4-6-12;1-9-5-4-7-10-6-2-3-8-11(9)10;1-2-6-10-8-4-3-7-9(10)5-1;1-7-5-3-2-4-6-7/h2*2-10H,1H3;4-10H,1-3H3;2-10H,1H3;2-8H,1H3;1-8H;2-6H,1H3. The molecule has 442 valence electrons. The van der Waals surface area contributed by atoms with E-state index >= 15 is 0 Å². The van der Waals surface area contributed by atoms with Gasteiger partial charge in [0.15, 0.2) is 0 Å². The Bertz CT molecular complexity index is 5010. The minimum atomic E-state index is 0.151. The van der Waals surface area contributed by atoms with Gasteiger partial charge in [0.05, 0.1) is 0 Å². The zero-order valence-electron chi connectivity index (χ0n) is 53.7. The van der Waals surface area contributed by atoms with Crippen LogP contribution in [0.15, 0.2) is 328 Å². The quantitative estimate of drug-likeness (QED) is 0.144. The molecule has 16 aromatic carbocycles. The van der Waals surface area contributed by atoms with E-state index in [1.165, 1.54) is 154 Å². The Morgan fingerprint density at radius 3 is 1.21 bits per heavy atom. The van der Waals surface area contributed by atoms with Crippen molar-refractivity contribution in [3.8, 4) is 44.5 Å². The van der Waals surface area contributed by atoms with E-state index in [2.05, 4.69) is 359 Å². The van der Waals surface area contributed by atoms with Crippen molar-refractivity contribution in [3.05, 3.63) is 372 Å². The molecule has 0 nitrogen and oxygen atoms in total. The van der Waals surface area contributed by atoms with Gasteiger partial charge in [-0.3, -0.25) is 0 Å². The van der Waals surface area contributed by atoms with E-state index in [1.807, 2.05) is 24.3 Å². The highest BCUT2D eigenvalue weighted by Crippen LogP contribution is 2.49. The number of benzene rings is 16. The zero-order chi connectivity index (χ0) is 62.8. The fourth-order valence-corrected chi connectivity index (χ4v) is 13.1. The lowest BCUT2D eigenvalue weighted by atomic mass is 9.82. The predicted octanol–water partition coefficient (Wildman–Crippen LogP) is 25.6. The number of rotatable bonds is 1. The first-order valence-corrected chi connectivity index (χ1v) is 31.9. The molecule has 0 bridgehead atoms. The van der Waals surface area contributed by atoms with Crippen molar-refractivity contribution < 1.29 is 0 Å². The third-order valence-corrected chi connectivity index (χ3v) is 18.0. The first-order valence-electron chi connectivity index (χ1n) is 31.9. The second kappa shape index (κ2) is 27.4. The van der Waals surface area contributed by atoms with Crippen LogP contribution in [0.5, 0.6) is 0 Å². The fraction of sp³-hybridized carbons (Fsp3) is 0.0989. The second-order valence-electron chi connectivity index (χ2n) is 24.7. The molecule has 0 amide bonds. The molecule has 91 heavy (non-hydrogen) atoms. The topological polar surface area (TPSA) is 0 Å². The van der Waals surface area contributed by atoms with Gasteiger partial charge in [-0.15, -0.1) is 0 Å². The van der Waals surface area contributed by atoms with Crippen LogP contribution in [0.3, 0.4) is 0 Å². The van der Waals surface area contributed by atoms with Crippen molar-refractivity contribution in [2.24, 2.45) is 0 Å². The van der Waals surface area contributed by atoms with E-state index in [0.29, 0.717) is 0 Å². The summed E-state index contributed by atoms with van der Waals surface area (Å²) in [6.45, 7) is 17.5. The van der Waals surface area contributed by atoms with E-state index in [0.717, 1.165) is 0 Å². The summed E-state index contributed by atoms with van der Waals surface area (Å²) in [5.41, 5.74) is 22.0. The van der Waals surface area contributed by atoms with Crippen LogP contribution >= 0.6 is 0 Å². The van der Waals surface area contributed by atoms with Gasteiger partial charge < -0.3 is 0 Å². The molecule has 0 saturated heterocycles. The molecule has 0 aliphatic heterocycles. The van der Waals surface area contributed by atoms with Crippen LogP contribution < -0.4 is 0 Å². The zero-order valence-corrected chi connectivity index (χ0v) is 53.7. The lowest BCUT2D eigenvalue weighted by Crippen LogP contribution is -2.14. The Morgan fingerprint density at radius 2 is 0.582 bits per heavy atom. The molecule has 0 heteroatoms. The minimum Gasteiger partial charge on any atom is -0.0622 e. The van der Waals surface area contributed by atoms with E-state index in [4.69, 9.17) is 0 Å². The summed E-state index contributed by atoms with van der Waals surface area (Å²) in [6.07, 6.45) is 0. The van der Waals surface area contributed by atoms with Crippen LogP contribution in [0.4, 0.5) is 0 Å². The monoisotopic (exact) mass is 1170 g/mol. The second-order valence-corrected chi connectivity index (χ2v) is 24.7. The minimum absolute atomic E-state index is 0.151. The van der Waals surface area contributed by atoms with Crippen LogP contribution in [0, 0.1) is 41.5 Å². The average molecular weight is 1170 g/mol. The highest BCUT2D eigenvalue weighted by molar-refractivity contribution is 6.23. The molecule has 0 N–H and O–H groups in total. The van der Waals surface area contributed by atoms with Crippen molar-refractivity contribution in [1.29, 1.82) is 0 Å². The highest BCUT2D eigenvalue weighted by atomic mass is 14.4. The molecule has 0 saturated carbocycles. The molecule has 0 unspecified atom stereocenters. The molecule has 2 aliphatic carbocycles. The van der Waals surface area contributed by atoms with E-state index < -0.39 is 0 Å². The number of aryl methyl sites for hydroxylation is 6. The molecular formula is C91H78. The normalized spacial score (nSPS) is 11.6. The maximum atomic E-state index is 2.33. The summed E-state index contributed by atoms with van der Waals surface area (Å²) in [6, 6.07) is 116. The van der Waals surface area contributed by atoms with Crippen LogP contribution in [-0.4, -0.2) is 0 Å². The predicted molar refractivity (Wildman–Crippen MR) is 397 cm³/mol. The van der Waals surface area contributed by atoms with Gasteiger partial charge in [-0.1, -0.05) is 358 Å². The van der Waals surface area contributed by atoms with Gasteiger partial charge in [0.25, 0.3) is 0 Å². The number of hydrogen-bond acceptors (Lipinski definition) is 0. The van der Waals surface area contributed by atoms with Crippen LogP contribution in [0.1, 0.15) is 58.4 Å². The number of fused-ring (bicyclic) bond motifs is 8. The maximum absolute atomic E-state index is 2.33. The third kappa shape index (κ3) is 13.2. The van der Waals surface area contributed by atoms with Gasteiger partial charge in [0.1, 0.15) is 0 Å². The highest BCUT2D eigenvalue weighted by Gasteiger charge is 2.34. The summed E-state index contributed by atoms with van der Waals surface area (Å²) in [5, 5.41) is 16.3. The van der Waals surface area contributed by atoms with Gasteiger partial charge >= 0.3 is 0 Å². The van der Waals surface area contributed by atoms with Gasteiger partial charge in [0.2, 0.25) is 0 Å². The van der Waals surface area contributed by atoms with Crippen LogP contribution in [0.25, 0.3) is 109 Å². The molecule has 0 spiro atoms. The van der Waals surface area contributed by atoms with Crippen molar-refractivity contribution >= 4 is 64.6 Å². The molecular weight excluding hydrogens is 1090 g/mol. The Kier molecular flexibility index (Phi) is 18.2. The molecule has 0 atom stereocenters. The molecule has 0 aromatic heterocycles. The van der Waals surface area contributed by atoms with E-state index in [-0.39, 0.29) is 5.41 Å². The van der Waals surface area contributed by atoms with Crippen LogP contribution in [-0.2, 0) is 5.41 Å². The fourth-order valence-electron chi connectivity index (χ4n) is 13.1. The van der Waals surface area contributed by atoms with Gasteiger partial charge in [-0.25, -0.2) is 0 Å². The van der Waals surface area contributed by atoms with Gasteiger partial charge in [0, 0.05) is 5.41 Å². The largest absolute Gasteiger partial charge is 0.0622 e. The molecule has 0 radical (unpaired) electrons. The Balaban J connectivity index is 0.000000104. The summed E-state index contributed by atoms with van der Waals surface area (Å²) in [5.74, 6) is 0. The SMILES string of the molecule is Cc1ccc(-c2ccccc2)cc1.Cc1ccc2c(c1)C(C)(C)c1ccccc1-2.Cc1ccc2c3c(cccc13)-c1ccccc1-2.Cc1ccc2ccc3cccc4ccc1c2c34.Cc1cccc2ccccc12.Cc1ccccc1.c1ccc2ccccc2c1. The first kappa shape index (κ1) is 60.6. The molecule has 18 rings (SSSR count).